The van der Waals surface area contributed by atoms with Crippen molar-refractivity contribution in [2.75, 3.05) is 6.61 Å². The Morgan fingerprint density at radius 1 is 1.45 bits per heavy atom. The first-order chi connectivity index (χ1) is 9.54. The van der Waals surface area contributed by atoms with Crippen LogP contribution in [0.3, 0.4) is 0 Å². The molecular weight excluding hydrogens is 260 g/mol. The van der Waals surface area contributed by atoms with Gasteiger partial charge in [0, 0.05) is 18.5 Å². The van der Waals surface area contributed by atoms with E-state index in [-0.39, 0.29) is 30.0 Å². The molecule has 0 saturated heterocycles. The number of hydrogen-bond acceptors (Lipinski definition) is 4. The number of nitrogens with zero attached hydrogens (tertiary/aromatic N) is 1. The number of ether oxygens (including phenoxy) is 1. The number of nitro groups is 1. The van der Waals surface area contributed by atoms with Gasteiger partial charge in [0.2, 0.25) is 5.91 Å². The molecule has 0 heterocycles. The fraction of sp³-hybridized carbons (Fsp3) is 0.500. The summed E-state index contributed by atoms with van der Waals surface area (Å²) in [4.78, 5) is 21.8. The van der Waals surface area contributed by atoms with Gasteiger partial charge in [0.15, 0.2) is 5.75 Å². The lowest BCUT2D eigenvalue weighted by Gasteiger charge is -2.11. The van der Waals surface area contributed by atoms with Crippen LogP contribution in [0.5, 0.6) is 5.75 Å². The molecule has 0 saturated carbocycles. The molecule has 20 heavy (non-hydrogen) atoms. The summed E-state index contributed by atoms with van der Waals surface area (Å²) in [5.41, 5.74) is -0.0587. The molecule has 0 aromatic heterocycles. The van der Waals surface area contributed by atoms with E-state index < -0.39 is 4.92 Å². The summed E-state index contributed by atoms with van der Waals surface area (Å²) in [5.74, 6) is 0.213. The highest BCUT2D eigenvalue weighted by atomic mass is 16.6. The minimum Gasteiger partial charge on any atom is -0.487 e. The van der Waals surface area contributed by atoms with Gasteiger partial charge < -0.3 is 10.1 Å². The first-order valence-electron chi connectivity index (χ1n) is 6.70. The quantitative estimate of drug-likeness (QED) is 0.451. The van der Waals surface area contributed by atoms with Gasteiger partial charge in [-0.25, -0.2) is 0 Å². The average Bonchev–Trinajstić information content (AvgIpc) is 2.43. The summed E-state index contributed by atoms with van der Waals surface area (Å²) in [6, 6.07) is 6.38. The van der Waals surface area contributed by atoms with Crippen molar-refractivity contribution in [3.8, 4) is 5.75 Å². The molecule has 0 spiro atoms. The van der Waals surface area contributed by atoms with Crippen molar-refractivity contribution in [3.63, 3.8) is 0 Å². The van der Waals surface area contributed by atoms with E-state index in [2.05, 4.69) is 5.32 Å². The van der Waals surface area contributed by atoms with E-state index in [9.17, 15) is 14.9 Å². The van der Waals surface area contributed by atoms with Crippen LogP contribution in [0.2, 0.25) is 0 Å². The van der Waals surface area contributed by atoms with Crippen molar-refractivity contribution in [1.82, 2.24) is 5.32 Å². The third kappa shape index (κ3) is 5.26. The maximum Gasteiger partial charge on any atom is 0.310 e. The van der Waals surface area contributed by atoms with Gasteiger partial charge in [-0.15, -0.1) is 0 Å². The van der Waals surface area contributed by atoms with Crippen LogP contribution < -0.4 is 10.1 Å². The SMILES string of the molecule is CCC(C)NC(=O)CCCOc1ccccc1[N+](=O)[O-]. The highest BCUT2D eigenvalue weighted by Crippen LogP contribution is 2.25. The fourth-order valence-electron chi connectivity index (χ4n) is 1.59. The number of nitro benzene ring substituents is 1. The van der Waals surface area contributed by atoms with Gasteiger partial charge in [-0.1, -0.05) is 19.1 Å². The van der Waals surface area contributed by atoms with E-state index in [1.165, 1.54) is 6.07 Å². The molecule has 110 valence electrons. The zero-order chi connectivity index (χ0) is 15.0. The van der Waals surface area contributed by atoms with Crippen molar-refractivity contribution in [3.05, 3.63) is 34.4 Å². The lowest BCUT2D eigenvalue weighted by Crippen LogP contribution is -2.31. The maximum atomic E-state index is 11.5. The van der Waals surface area contributed by atoms with Gasteiger partial charge >= 0.3 is 5.69 Å². The largest absolute Gasteiger partial charge is 0.487 e. The van der Waals surface area contributed by atoms with Crippen LogP contribution in [0.25, 0.3) is 0 Å². The molecule has 1 N–H and O–H groups in total. The van der Waals surface area contributed by atoms with E-state index >= 15 is 0 Å². The van der Waals surface area contributed by atoms with E-state index in [1.54, 1.807) is 18.2 Å². The number of nitrogens with one attached hydrogen (secondary N) is 1. The summed E-state index contributed by atoms with van der Waals surface area (Å²) >= 11 is 0. The average molecular weight is 280 g/mol. The molecule has 1 aromatic rings. The zero-order valence-electron chi connectivity index (χ0n) is 11.8. The molecule has 1 atom stereocenters. The normalized spacial score (nSPS) is 11.7. The van der Waals surface area contributed by atoms with Crippen molar-refractivity contribution in [1.29, 1.82) is 0 Å². The van der Waals surface area contributed by atoms with Crippen LogP contribution in [-0.4, -0.2) is 23.5 Å². The molecule has 0 aliphatic rings. The van der Waals surface area contributed by atoms with Crippen LogP contribution >= 0.6 is 0 Å². The Kier molecular flexibility index (Phi) is 6.49. The molecule has 0 aliphatic carbocycles. The summed E-state index contributed by atoms with van der Waals surface area (Å²) in [7, 11) is 0. The fourth-order valence-corrected chi connectivity index (χ4v) is 1.59. The Bertz CT molecular complexity index is 462. The van der Waals surface area contributed by atoms with Crippen LogP contribution in [0.4, 0.5) is 5.69 Å². The second-order valence-electron chi connectivity index (χ2n) is 4.55. The number of amides is 1. The molecule has 0 fully saturated rings. The van der Waals surface area contributed by atoms with Crippen LogP contribution in [0, 0.1) is 10.1 Å². The summed E-state index contributed by atoms with van der Waals surface area (Å²) in [5, 5.41) is 13.6. The number of carbonyl (C=O) groups excluding carboxylic acids is 1. The summed E-state index contributed by atoms with van der Waals surface area (Å²) in [6.45, 7) is 4.23. The standard InChI is InChI=1S/C14H20N2O4/c1-3-11(2)15-14(17)9-6-10-20-13-8-5-4-7-12(13)16(18)19/h4-5,7-8,11H,3,6,9-10H2,1-2H3,(H,15,17). The monoisotopic (exact) mass is 280 g/mol. The molecule has 0 radical (unpaired) electrons. The predicted molar refractivity (Wildman–Crippen MR) is 75.7 cm³/mol. The minimum atomic E-state index is -0.481. The second kappa shape index (κ2) is 8.14. The molecule has 1 rings (SSSR count). The van der Waals surface area contributed by atoms with Crippen LogP contribution in [0.1, 0.15) is 33.1 Å². The summed E-state index contributed by atoms with van der Waals surface area (Å²) < 4.78 is 5.36. The van der Waals surface area contributed by atoms with Crippen molar-refractivity contribution in [2.24, 2.45) is 0 Å². The van der Waals surface area contributed by atoms with Crippen LogP contribution in [-0.2, 0) is 4.79 Å². The molecule has 6 nitrogen and oxygen atoms in total. The lowest BCUT2D eigenvalue weighted by molar-refractivity contribution is -0.385. The number of rotatable bonds is 8. The van der Waals surface area contributed by atoms with Crippen LogP contribution in [0.15, 0.2) is 24.3 Å². The molecule has 1 unspecified atom stereocenters. The van der Waals surface area contributed by atoms with E-state index in [0.717, 1.165) is 6.42 Å². The Hall–Kier alpha value is -2.11. The van der Waals surface area contributed by atoms with E-state index in [0.29, 0.717) is 12.8 Å². The smallest absolute Gasteiger partial charge is 0.310 e. The van der Waals surface area contributed by atoms with Gasteiger partial charge in [-0.3, -0.25) is 14.9 Å². The van der Waals surface area contributed by atoms with E-state index in [4.69, 9.17) is 4.74 Å². The van der Waals surface area contributed by atoms with Gasteiger partial charge in [0.1, 0.15) is 0 Å². The number of hydrogen-bond donors (Lipinski definition) is 1. The van der Waals surface area contributed by atoms with Crippen molar-refractivity contribution in [2.45, 2.75) is 39.2 Å². The molecule has 1 aromatic carbocycles. The van der Waals surface area contributed by atoms with Gasteiger partial charge in [-0.2, -0.15) is 0 Å². The lowest BCUT2D eigenvalue weighted by atomic mass is 10.2. The third-order valence-corrected chi connectivity index (χ3v) is 2.89. The highest BCUT2D eigenvalue weighted by Gasteiger charge is 2.13. The third-order valence-electron chi connectivity index (χ3n) is 2.89. The minimum absolute atomic E-state index is 0.0227. The highest BCUT2D eigenvalue weighted by molar-refractivity contribution is 5.76. The van der Waals surface area contributed by atoms with Crippen molar-refractivity contribution >= 4 is 11.6 Å². The predicted octanol–water partition coefficient (Wildman–Crippen LogP) is 2.67. The molecule has 0 aliphatic heterocycles. The second-order valence-corrected chi connectivity index (χ2v) is 4.55. The van der Waals surface area contributed by atoms with Gasteiger partial charge in [0.25, 0.3) is 0 Å². The Labute approximate surface area is 118 Å². The molecule has 0 bridgehead atoms. The zero-order valence-corrected chi connectivity index (χ0v) is 11.8. The molecular formula is C14H20N2O4. The Morgan fingerprint density at radius 2 is 2.15 bits per heavy atom. The number of benzene rings is 1. The van der Waals surface area contributed by atoms with E-state index in [1.807, 2.05) is 13.8 Å². The van der Waals surface area contributed by atoms with Gasteiger partial charge in [0.05, 0.1) is 11.5 Å². The first-order valence-corrected chi connectivity index (χ1v) is 6.70. The molecule has 6 heteroatoms. The van der Waals surface area contributed by atoms with Crippen molar-refractivity contribution < 1.29 is 14.5 Å². The molecule has 1 amide bonds. The number of carbonyl (C=O) groups is 1. The first kappa shape index (κ1) is 15.9. The Morgan fingerprint density at radius 3 is 2.80 bits per heavy atom. The Balaban J connectivity index is 2.35. The summed E-state index contributed by atoms with van der Waals surface area (Å²) in [6.07, 6.45) is 1.76. The maximum absolute atomic E-state index is 11.5. The topological polar surface area (TPSA) is 81.5 Å². The number of para-hydroxylation sites is 2. The van der Waals surface area contributed by atoms with Gasteiger partial charge in [-0.05, 0) is 25.8 Å².